The number of nitrogen functional groups attached to an aromatic ring is 2. The molecule has 0 radical (unpaired) electrons. The van der Waals surface area contributed by atoms with Gasteiger partial charge in [-0.05, 0) is 18.6 Å². The fraction of sp³-hybridized carbons (Fsp3) is 0.478. The van der Waals surface area contributed by atoms with Crippen LogP contribution in [0.3, 0.4) is 0 Å². The molecule has 2 rings (SSSR count). The number of esters is 1. The third-order valence-corrected chi connectivity index (χ3v) is 4.76. The van der Waals surface area contributed by atoms with Gasteiger partial charge in [0, 0.05) is 12.5 Å². The highest BCUT2D eigenvalue weighted by molar-refractivity contribution is 5.76. The van der Waals surface area contributed by atoms with Crippen LogP contribution in [0.4, 0.5) is 23.0 Å². The van der Waals surface area contributed by atoms with Crippen LogP contribution >= 0.6 is 0 Å². The number of anilines is 2. The van der Waals surface area contributed by atoms with Crippen LogP contribution in [-0.2, 0) is 4.79 Å². The highest BCUT2D eigenvalue weighted by Crippen LogP contribution is 2.31. The van der Waals surface area contributed by atoms with E-state index in [2.05, 4.69) is 22.1 Å². The molecular weight excluding hydrogens is 378 g/mol. The van der Waals surface area contributed by atoms with Crippen molar-refractivity contribution >= 4 is 29.0 Å². The number of nitrogens with zero attached hydrogens (tertiary/aromatic N) is 3. The number of ether oxygens (including phenoxy) is 1. The maximum absolute atomic E-state index is 12.2. The molecule has 0 unspecified atom stereocenters. The molecular formula is C23H33N5O2. The van der Waals surface area contributed by atoms with Gasteiger partial charge in [0.2, 0.25) is 0 Å². The van der Waals surface area contributed by atoms with Gasteiger partial charge in [0.15, 0.2) is 17.4 Å². The standard InChI is InChI=1S/C23H33N5O2/c1-2-3-4-5-6-7-8-9-13-16-21(29)30-20-17-19(22(24)26-23(20)25)28-27-18-14-11-10-12-15-18/h10-12,14-15,17H,2-9,13,16H2,1H3,(H4,24,25,26). The molecule has 7 nitrogen and oxygen atoms in total. The second-order valence-electron chi connectivity index (χ2n) is 7.36. The average Bonchev–Trinajstić information content (AvgIpc) is 2.74. The van der Waals surface area contributed by atoms with Crippen LogP contribution in [0.25, 0.3) is 0 Å². The number of benzene rings is 1. The van der Waals surface area contributed by atoms with E-state index in [0.29, 0.717) is 17.8 Å². The number of aromatic nitrogens is 1. The van der Waals surface area contributed by atoms with Crippen LogP contribution in [0.15, 0.2) is 46.6 Å². The molecule has 0 aliphatic carbocycles. The highest BCUT2D eigenvalue weighted by Gasteiger charge is 2.13. The molecule has 0 fully saturated rings. The molecule has 0 spiro atoms. The van der Waals surface area contributed by atoms with E-state index in [1.807, 2.05) is 30.3 Å². The first kappa shape index (κ1) is 23.3. The van der Waals surface area contributed by atoms with Crippen molar-refractivity contribution < 1.29 is 9.53 Å². The minimum absolute atomic E-state index is 0.0617. The number of nitrogens with two attached hydrogens (primary N) is 2. The zero-order chi connectivity index (χ0) is 21.6. The predicted molar refractivity (Wildman–Crippen MR) is 121 cm³/mol. The Kier molecular flexibility index (Phi) is 10.3. The summed E-state index contributed by atoms with van der Waals surface area (Å²) in [6.45, 7) is 2.22. The fourth-order valence-corrected chi connectivity index (χ4v) is 3.04. The van der Waals surface area contributed by atoms with Gasteiger partial charge in [0.25, 0.3) is 0 Å². The summed E-state index contributed by atoms with van der Waals surface area (Å²) in [6.07, 6.45) is 11.1. The number of hydrogen-bond donors (Lipinski definition) is 2. The van der Waals surface area contributed by atoms with E-state index in [1.54, 1.807) is 0 Å². The Morgan fingerprint density at radius 1 is 0.900 bits per heavy atom. The Balaban J connectivity index is 1.78. The fourth-order valence-electron chi connectivity index (χ4n) is 3.04. The lowest BCUT2D eigenvalue weighted by atomic mass is 10.1. The van der Waals surface area contributed by atoms with Crippen molar-refractivity contribution in [3.63, 3.8) is 0 Å². The van der Waals surface area contributed by atoms with E-state index in [-0.39, 0.29) is 23.4 Å². The molecule has 1 aromatic heterocycles. The summed E-state index contributed by atoms with van der Waals surface area (Å²) in [5.41, 5.74) is 12.7. The Hall–Kier alpha value is -2.96. The lowest BCUT2D eigenvalue weighted by Crippen LogP contribution is -2.10. The maximum Gasteiger partial charge on any atom is 0.311 e. The number of azo groups is 1. The predicted octanol–water partition coefficient (Wildman–Crippen LogP) is 6.49. The Morgan fingerprint density at radius 2 is 1.53 bits per heavy atom. The van der Waals surface area contributed by atoms with Gasteiger partial charge in [0.05, 0.1) is 5.69 Å². The lowest BCUT2D eigenvalue weighted by molar-refractivity contribution is -0.134. The summed E-state index contributed by atoms with van der Waals surface area (Å²) < 4.78 is 5.38. The van der Waals surface area contributed by atoms with Crippen LogP contribution in [0.2, 0.25) is 0 Å². The number of unbranched alkanes of at least 4 members (excludes halogenated alkanes) is 8. The van der Waals surface area contributed by atoms with E-state index in [9.17, 15) is 4.79 Å². The Morgan fingerprint density at radius 3 is 2.20 bits per heavy atom. The van der Waals surface area contributed by atoms with Gasteiger partial charge in [-0.1, -0.05) is 76.5 Å². The van der Waals surface area contributed by atoms with Gasteiger partial charge < -0.3 is 16.2 Å². The van der Waals surface area contributed by atoms with Gasteiger partial charge in [-0.15, -0.1) is 5.11 Å². The first-order valence-corrected chi connectivity index (χ1v) is 10.8. The van der Waals surface area contributed by atoms with Crippen molar-refractivity contribution in [2.45, 2.75) is 71.1 Å². The third kappa shape index (κ3) is 8.59. The number of carbonyl (C=O) groups excluding carboxylic acids is 1. The highest BCUT2D eigenvalue weighted by atomic mass is 16.5. The summed E-state index contributed by atoms with van der Waals surface area (Å²) in [6, 6.07) is 10.7. The molecule has 0 saturated heterocycles. The molecule has 0 aliphatic heterocycles. The second kappa shape index (κ2) is 13.3. The molecule has 2 aromatic rings. The van der Waals surface area contributed by atoms with Gasteiger partial charge >= 0.3 is 5.97 Å². The minimum Gasteiger partial charge on any atom is -0.422 e. The van der Waals surface area contributed by atoms with Gasteiger partial charge in [-0.3, -0.25) is 4.79 Å². The second-order valence-corrected chi connectivity index (χ2v) is 7.36. The van der Waals surface area contributed by atoms with E-state index in [4.69, 9.17) is 16.2 Å². The molecule has 0 amide bonds. The SMILES string of the molecule is CCCCCCCCCCCC(=O)Oc1cc(N=Nc2ccccc2)c(N)nc1N. The first-order valence-electron chi connectivity index (χ1n) is 10.8. The molecule has 0 bridgehead atoms. The van der Waals surface area contributed by atoms with Crippen molar-refractivity contribution in [3.8, 4) is 5.75 Å². The van der Waals surface area contributed by atoms with Crippen molar-refractivity contribution in [2.24, 2.45) is 10.2 Å². The van der Waals surface area contributed by atoms with Gasteiger partial charge in [-0.25, -0.2) is 4.98 Å². The number of hydrogen-bond acceptors (Lipinski definition) is 7. The van der Waals surface area contributed by atoms with Crippen molar-refractivity contribution in [1.29, 1.82) is 0 Å². The van der Waals surface area contributed by atoms with Crippen molar-refractivity contribution in [1.82, 2.24) is 4.98 Å². The van der Waals surface area contributed by atoms with Crippen molar-refractivity contribution in [2.75, 3.05) is 11.5 Å². The van der Waals surface area contributed by atoms with Crippen LogP contribution in [0.1, 0.15) is 71.1 Å². The molecule has 1 heterocycles. The molecule has 0 saturated carbocycles. The molecule has 4 N–H and O–H groups in total. The van der Waals surface area contributed by atoms with Crippen LogP contribution < -0.4 is 16.2 Å². The van der Waals surface area contributed by atoms with Gasteiger partial charge in [0.1, 0.15) is 5.69 Å². The quantitative estimate of drug-likeness (QED) is 0.222. The van der Waals surface area contributed by atoms with Crippen LogP contribution in [0.5, 0.6) is 5.75 Å². The van der Waals surface area contributed by atoms with E-state index in [0.717, 1.165) is 19.3 Å². The first-order chi connectivity index (χ1) is 14.6. The number of rotatable bonds is 13. The lowest BCUT2D eigenvalue weighted by Gasteiger charge is -2.08. The number of carbonyl (C=O) groups is 1. The smallest absolute Gasteiger partial charge is 0.311 e. The largest absolute Gasteiger partial charge is 0.422 e. The van der Waals surface area contributed by atoms with Crippen LogP contribution in [-0.4, -0.2) is 11.0 Å². The van der Waals surface area contributed by atoms with Gasteiger partial charge in [-0.2, -0.15) is 5.11 Å². The molecule has 30 heavy (non-hydrogen) atoms. The zero-order valence-electron chi connectivity index (χ0n) is 17.8. The molecule has 162 valence electrons. The molecule has 7 heteroatoms. The topological polar surface area (TPSA) is 116 Å². The Bertz CT molecular complexity index is 809. The monoisotopic (exact) mass is 411 g/mol. The summed E-state index contributed by atoms with van der Waals surface area (Å²) in [4.78, 5) is 16.2. The van der Waals surface area contributed by atoms with Crippen LogP contribution in [0, 0.1) is 0 Å². The van der Waals surface area contributed by atoms with Crippen molar-refractivity contribution in [3.05, 3.63) is 36.4 Å². The molecule has 1 aromatic carbocycles. The maximum atomic E-state index is 12.2. The zero-order valence-corrected chi connectivity index (χ0v) is 17.8. The summed E-state index contributed by atoms with van der Waals surface area (Å²) in [5, 5.41) is 8.21. The Labute approximate surface area is 178 Å². The molecule has 0 aliphatic rings. The van der Waals surface area contributed by atoms with E-state index in [1.165, 1.54) is 44.6 Å². The van der Waals surface area contributed by atoms with E-state index < -0.39 is 0 Å². The normalized spacial score (nSPS) is 11.1. The average molecular weight is 412 g/mol. The summed E-state index contributed by atoms with van der Waals surface area (Å²) in [7, 11) is 0. The van der Waals surface area contributed by atoms with E-state index >= 15 is 0 Å². The third-order valence-electron chi connectivity index (χ3n) is 4.76. The minimum atomic E-state index is -0.331. The summed E-state index contributed by atoms with van der Waals surface area (Å²) >= 11 is 0. The number of pyridine rings is 1. The summed E-state index contributed by atoms with van der Waals surface area (Å²) in [5.74, 6) is 0.0202. The molecule has 0 atom stereocenters.